The number of fused-ring (bicyclic) bond motifs is 4. The van der Waals surface area contributed by atoms with Crippen LogP contribution in [0.4, 0.5) is 0 Å². The molecule has 0 radical (unpaired) electrons. The van der Waals surface area contributed by atoms with Gasteiger partial charge in [-0.05, 0) is 39.2 Å². The second kappa shape index (κ2) is 5.99. The largest absolute Gasteiger partial charge is 0.464 e. The van der Waals surface area contributed by atoms with Crippen molar-refractivity contribution < 1.29 is 9.53 Å². The van der Waals surface area contributed by atoms with E-state index in [1.165, 1.54) is 17.9 Å². The number of esters is 1. The van der Waals surface area contributed by atoms with Gasteiger partial charge >= 0.3 is 5.97 Å². The van der Waals surface area contributed by atoms with Crippen LogP contribution < -0.4 is 0 Å². The molecule has 0 aliphatic carbocycles. The van der Waals surface area contributed by atoms with E-state index in [-0.39, 0.29) is 5.97 Å². The number of H-pyrrole nitrogens is 1. The van der Waals surface area contributed by atoms with E-state index in [2.05, 4.69) is 47.4 Å². The van der Waals surface area contributed by atoms with Crippen molar-refractivity contribution in [1.82, 2.24) is 4.98 Å². The highest BCUT2D eigenvalue weighted by molar-refractivity contribution is 6.19. The number of carbonyl (C=O) groups excluding carboxylic acids is 1. The average molecular weight is 351 g/mol. The molecule has 0 saturated heterocycles. The van der Waals surface area contributed by atoms with Crippen molar-refractivity contribution >= 4 is 38.4 Å². The van der Waals surface area contributed by atoms with Crippen LogP contribution in [-0.2, 0) is 4.74 Å². The Morgan fingerprint density at radius 1 is 0.778 bits per heavy atom. The van der Waals surface area contributed by atoms with Gasteiger partial charge < -0.3 is 9.72 Å². The lowest BCUT2D eigenvalue weighted by Crippen LogP contribution is -2.03. The first kappa shape index (κ1) is 15.6. The van der Waals surface area contributed by atoms with Gasteiger partial charge in [0.15, 0.2) is 0 Å². The molecule has 130 valence electrons. The molecule has 3 nitrogen and oxygen atoms in total. The number of ether oxygens (including phenoxy) is 1. The fourth-order valence-corrected chi connectivity index (χ4v) is 3.94. The topological polar surface area (TPSA) is 42.1 Å². The lowest BCUT2D eigenvalue weighted by Gasteiger charge is -2.12. The number of carbonyl (C=O) groups is 1. The molecule has 27 heavy (non-hydrogen) atoms. The summed E-state index contributed by atoms with van der Waals surface area (Å²) in [6.07, 6.45) is 0. The lowest BCUT2D eigenvalue weighted by atomic mass is 9.92. The van der Waals surface area contributed by atoms with Gasteiger partial charge in [0.1, 0.15) is 5.69 Å². The smallest absolute Gasteiger partial charge is 0.355 e. The van der Waals surface area contributed by atoms with Crippen LogP contribution in [0.3, 0.4) is 0 Å². The van der Waals surface area contributed by atoms with Crippen molar-refractivity contribution in [3.05, 3.63) is 84.6 Å². The van der Waals surface area contributed by atoms with Gasteiger partial charge in [0, 0.05) is 16.5 Å². The first-order valence-electron chi connectivity index (χ1n) is 8.88. The van der Waals surface area contributed by atoms with Crippen LogP contribution >= 0.6 is 0 Å². The predicted molar refractivity (Wildman–Crippen MR) is 110 cm³/mol. The van der Waals surface area contributed by atoms with Crippen molar-refractivity contribution in [2.75, 3.05) is 7.11 Å². The SMILES string of the molecule is COC(=O)c1[nH]c2ccccc2c1-c1cc2ccccc2c2ccccc12. The highest BCUT2D eigenvalue weighted by atomic mass is 16.5. The van der Waals surface area contributed by atoms with Gasteiger partial charge in [-0.2, -0.15) is 0 Å². The number of para-hydroxylation sites is 1. The van der Waals surface area contributed by atoms with E-state index in [1.807, 2.05) is 36.4 Å². The second-order valence-electron chi connectivity index (χ2n) is 6.60. The Morgan fingerprint density at radius 3 is 2.19 bits per heavy atom. The average Bonchev–Trinajstić information content (AvgIpc) is 3.12. The Bertz CT molecular complexity index is 1330. The molecule has 1 N–H and O–H groups in total. The normalized spacial score (nSPS) is 11.3. The predicted octanol–water partition coefficient (Wildman–Crippen LogP) is 5.93. The third kappa shape index (κ3) is 2.32. The summed E-state index contributed by atoms with van der Waals surface area (Å²) in [7, 11) is 1.41. The molecule has 4 aromatic carbocycles. The molecular weight excluding hydrogens is 334 g/mol. The van der Waals surface area contributed by atoms with Gasteiger partial charge in [-0.3, -0.25) is 0 Å². The number of hydrogen-bond donors (Lipinski definition) is 1. The molecule has 0 unspecified atom stereocenters. The minimum absolute atomic E-state index is 0.363. The molecule has 0 amide bonds. The molecule has 1 aromatic heterocycles. The van der Waals surface area contributed by atoms with Gasteiger partial charge in [-0.15, -0.1) is 0 Å². The fourth-order valence-electron chi connectivity index (χ4n) is 3.94. The molecule has 0 spiro atoms. The van der Waals surface area contributed by atoms with Crippen LogP contribution in [0.2, 0.25) is 0 Å². The molecule has 1 heterocycles. The van der Waals surface area contributed by atoms with E-state index in [9.17, 15) is 4.79 Å². The maximum absolute atomic E-state index is 12.5. The van der Waals surface area contributed by atoms with Gasteiger partial charge in [-0.1, -0.05) is 66.7 Å². The summed E-state index contributed by atoms with van der Waals surface area (Å²) in [6, 6.07) is 26.8. The summed E-state index contributed by atoms with van der Waals surface area (Å²) in [4.78, 5) is 15.8. The number of methoxy groups -OCH3 is 1. The summed E-state index contributed by atoms with van der Waals surface area (Å²) in [5.74, 6) is -0.363. The van der Waals surface area contributed by atoms with Crippen LogP contribution in [0.5, 0.6) is 0 Å². The van der Waals surface area contributed by atoms with Crippen molar-refractivity contribution in [2.24, 2.45) is 0 Å². The van der Waals surface area contributed by atoms with Crippen molar-refractivity contribution in [1.29, 1.82) is 0 Å². The summed E-state index contributed by atoms with van der Waals surface area (Å²) >= 11 is 0. The standard InChI is InChI=1S/C24H17NO2/c1-27-24(26)23-22(19-12-6-7-13-21(19)25-23)20-14-15-8-2-3-9-16(15)17-10-4-5-11-18(17)20/h2-14,25H,1H3. The van der Waals surface area contributed by atoms with Crippen LogP contribution in [0.15, 0.2) is 78.9 Å². The molecule has 0 fully saturated rings. The van der Waals surface area contributed by atoms with E-state index >= 15 is 0 Å². The molecule has 0 atom stereocenters. The highest BCUT2D eigenvalue weighted by Gasteiger charge is 2.21. The molecule has 0 aliphatic rings. The number of nitrogens with one attached hydrogen (secondary N) is 1. The van der Waals surface area contributed by atoms with Crippen LogP contribution in [0, 0.1) is 0 Å². The summed E-state index contributed by atoms with van der Waals surface area (Å²) < 4.78 is 5.06. The zero-order chi connectivity index (χ0) is 18.4. The van der Waals surface area contributed by atoms with E-state index in [1.54, 1.807) is 0 Å². The first-order chi connectivity index (χ1) is 13.3. The molecule has 5 rings (SSSR count). The van der Waals surface area contributed by atoms with Gasteiger partial charge in [-0.25, -0.2) is 4.79 Å². The summed E-state index contributed by atoms with van der Waals surface area (Å²) in [5, 5.41) is 5.65. The Morgan fingerprint density at radius 2 is 1.41 bits per heavy atom. The number of aromatic amines is 1. The van der Waals surface area contributed by atoms with Crippen molar-refractivity contribution in [3.63, 3.8) is 0 Å². The Labute approximate surface area is 156 Å². The van der Waals surface area contributed by atoms with Gasteiger partial charge in [0.05, 0.1) is 7.11 Å². The Hall–Kier alpha value is -3.59. The van der Waals surface area contributed by atoms with E-state index in [0.29, 0.717) is 5.69 Å². The van der Waals surface area contributed by atoms with Crippen molar-refractivity contribution in [2.45, 2.75) is 0 Å². The quantitative estimate of drug-likeness (QED) is 0.316. The van der Waals surface area contributed by atoms with Crippen molar-refractivity contribution in [3.8, 4) is 11.1 Å². The third-order valence-electron chi connectivity index (χ3n) is 5.13. The number of hydrogen-bond acceptors (Lipinski definition) is 2. The van der Waals surface area contributed by atoms with E-state index in [4.69, 9.17) is 4.74 Å². The first-order valence-corrected chi connectivity index (χ1v) is 8.88. The number of benzene rings is 4. The highest BCUT2D eigenvalue weighted by Crippen LogP contribution is 2.40. The van der Waals surface area contributed by atoms with Crippen LogP contribution in [0.25, 0.3) is 43.6 Å². The lowest BCUT2D eigenvalue weighted by molar-refractivity contribution is 0.0596. The molecule has 5 aromatic rings. The molecule has 0 saturated carbocycles. The number of rotatable bonds is 2. The number of aromatic nitrogens is 1. The fraction of sp³-hybridized carbons (Fsp3) is 0.0417. The van der Waals surface area contributed by atoms with E-state index < -0.39 is 0 Å². The maximum atomic E-state index is 12.5. The second-order valence-corrected chi connectivity index (χ2v) is 6.60. The Kier molecular flexibility index (Phi) is 3.47. The summed E-state index contributed by atoms with van der Waals surface area (Å²) in [5.41, 5.74) is 3.32. The molecule has 0 bridgehead atoms. The van der Waals surface area contributed by atoms with Crippen LogP contribution in [-0.4, -0.2) is 18.1 Å². The van der Waals surface area contributed by atoms with Gasteiger partial charge in [0.2, 0.25) is 0 Å². The van der Waals surface area contributed by atoms with Gasteiger partial charge in [0.25, 0.3) is 0 Å². The minimum Gasteiger partial charge on any atom is -0.464 e. The molecular formula is C24H17NO2. The Balaban J connectivity index is 1.98. The monoisotopic (exact) mass is 351 g/mol. The molecule has 0 aliphatic heterocycles. The molecule has 3 heteroatoms. The zero-order valence-corrected chi connectivity index (χ0v) is 14.8. The van der Waals surface area contributed by atoms with Crippen LogP contribution in [0.1, 0.15) is 10.5 Å². The third-order valence-corrected chi connectivity index (χ3v) is 5.13. The summed E-state index contributed by atoms with van der Waals surface area (Å²) in [6.45, 7) is 0. The van der Waals surface area contributed by atoms with E-state index in [0.717, 1.165) is 32.8 Å². The zero-order valence-electron chi connectivity index (χ0n) is 14.8. The maximum Gasteiger partial charge on any atom is 0.355 e. The minimum atomic E-state index is -0.363.